The Hall–Kier alpha value is -1.02. The molecule has 1 aromatic rings. The lowest BCUT2D eigenvalue weighted by atomic mass is 9.85. The summed E-state index contributed by atoms with van der Waals surface area (Å²) in [6.07, 6.45) is 2.12. The molecule has 3 aliphatic heterocycles. The van der Waals surface area contributed by atoms with Crippen molar-refractivity contribution in [3.05, 3.63) is 29.8 Å². The zero-order valence-corrected chi connectivity index (χ0v) is 13.3. The van der Waals surface area contributed by atoms with Crippen LogP contribution in [0.3, 0.4) is 0 Å². The van der Waals surface area contributed by atoms with Crippen molar-refractivity contribution in [1.82, 2.24) is 9.62 Å². The van der Waals surface area contributed by atoms with Crippen molar-refractivity contribution in [2.75, 3.05) is 19.6 Å². The molecule has 3 aliphatic rings. The molecule has 4 rings (SSSR count). The summed E-state index contributed by atoms with van der Waals surface area (Å²) in [5.74, 6) is 0.432. The monoisotopic (exact) mass is 325 g/mol. The number of fused-ring (bicyclic) bond motifs is 3. The SMILES string of the molecule is NC(=S)c1ccccc1S(=O)(=O)NC1CN2CCC1CC2. The van der Waals surface area contributed by atoms with Gasteiger partial charge < -0.3 is 10.6 Å². The maximum absolute atomic E-state index is 12.7. The van der Waals surface area contributed by atoms with Crippen LogP contribution in [0.1, 0.15) is 18.4 Å². The fourth-order valence-corrected chi connectivity index (χ4v) is 5.03. The molecule has 1 aromatic carbocycles. The van der Waals surface area contributed by atoms with Crippen LogP contribution in [-0.2, 0) is 10.0 Å². The number of nitrogens with two attached hydrogens (primary N) is 1. The molecule has 1 unspecified atom stereocenters. The zero-order chi connectivity index (χ0) is 15.0. The van der Waals surface area contributed by atoms with E-state index < -0.39 is 10.0 Å². The van der Waals surface area contributed by atoms with Crippen LogP contribution in [0.25, 0.3) is 0 Å². The van der Waals surface area contributed by atoms with Gasteiger partial charge in [-0.2, -0.15) is 0 Å². The van der Waals surface area contributed by atoms with Gasteiger partial charge in [0.25, 0.3) is 0 Å². The Labute approximate surface area is 130 Å². The maximum atomic E-state index is 12.7. The fourth-order valence-electron chi connectivity index (χ4n) is 3.27. The third kappa shape index (κ3) is 2.96. The normalized spacial score (nSPS) is 28.5. The highest BCUT2D eigenvalue weighted by molar-refractivity contribution is 7.89. The number of hydrogen-bond acceptors (Lipinski definition) is 4. The highest BCUT2D eigenvalue weighted by Crippen LogP contribution is 2.29. The lowest BCUT2D eigenvalue weighted by Gasteiger charge is -2.44. The number of piperidine rings is 3. The minimum Gasteiger partial charge on any atom is -0.389 e. The average molecular weight is 325 g/mol. The van der Waals surface area contributed by atoms with Gasteiger partial charge in [0.05, 0.1) is 4.90 Å². The molecule has 0 radical (unpaired) electrons. The summed E-state index contributed by atoms with van der Waals surface area (Å²) in [7, 11) is -3.60. The van der Waals surface area contributed by atoms with Gasteiger partial charge in [-0.15, -0.1) is 0 Å². The molecule has 0 spiro atoms. The predicted octanol–water partition coefficient (Wildman–Crippen LogP) is 0.693. The number of benzene rings is 1. The van der Waals surface area contributed by atoms with Gasteiger partial charge in [-0.3, -0.25) is 0 Å². The molecule has 3 heterocycles. The molecule has 0 saturated carbocycles. The van der Waals surface area contributed by atoms with E-state index in [1.54, 1.807) is 24.3 Å². The first kappa shape index (κ1) is 14.9. The van der Waals surface area contributed by atoms with E-state index in [2.05, 4.69) is 9.62 Å². The number of hydrogen-bond donors (Lipinski definition) is 2. The van der Waals surface area contributed by atoms with Gasteiger partial charge in [-0.1, -0.05) is 30.4 Å². The summed E-state index contributed by atoms with van der Waals surface area (Å²) in [5, 5.41) is 0. The zero-order valence-electron chi connectivity index (χ0n) is 11.7. The van der Waals surface area contributed by atoms with Gasteiger partial charge in [-0.25, -0.2) is 13.1 Å². The second-order valence-electron chi connectivity index (χ2n) is 5.73. The Morgan fingerprint density at radius 2 is 1.95 bits per heavy atom. The minimum atomic E-state index is -3.60. The average Bonchev–Trinajstić information content (AvgIpc) is 2.48. The first-order valence-electron chi connectivity index (χ1n) is 7.11. The lowest BCUT2D eigenvalue weighted by Crippen LogP contribution is -2.57. The fraction of sp³-hybridized carbons (Fsp3) is 0.500. The molecule has 3 saturated heterocycles. The van der Waals surface area contributed by atoms with Gasteiger partial charge in [0, 0.05) is 18.2 Å². The van der Waals surface area contributed by atoms with E-state index in [9.17, 15) is 8.42 Å². The van der Waals surface area contributed by atoms with E-state index in [-0.39, 0.29) is 15.9 Å². The van der Waals surface area contributed by atoms with Crippen molar-refractivity contribution >= 4 is 27.2 Å². The van der Waals surface area contributed by atoms with E-state index in [4.69, 9.17) is 18.0 Å². The van der Waals surface area contributed by atoms with E-state index in [0.717, 1.165) is 32.5 Å². The van der Waals surface area contributed by atoms with Gasteiger partial charge in [0.15, 0.2) is 0 Å². The van der Waals surface area contributed by atoms with Gasteiger partial charge in [0.2, 0.25) is 10.0 Å². The molecule has 3 fully saturated rings. The summed E-state index contributed by atoms with van der Waals surface area (Å²) < 4.78 is 28.2. The Morgan fingerprint density at radius 3 is 2.52 bits per heavy atom. The largest absolute Gasteiger partial charge is 0.389 e. The van der Waals surface area contributed by atoms with Crippen LogP contribution >= 0.6 is 12.2 Å². The van der Waals surface area contributed by atoms with Crippen LogP contribution in [0, 0.1) is 5.92 Å². The van der Waals surface area contributed by atoms with Crippen molar-refractivity contribution < 1.29 is 8.42 Å². The van der Waals surface area contributed by atoms with Gasteiger partial charge in [0.1, 0.15) is 4.99 Å². The summed E-state index contributed by atoms with van der Waals surface area (Å²) in [6, 6.07) is 6.61. The number of thiocarbonyl (C=S) groups is 1. The smallest absolute Gasteiger partial charge is 0.241 e. The quantitative estimate of drug-likeness (QED) is 0.797. The predicted molar refractivity (Wildman–Crippen MR) is 85.6 cm³/mol. The lowest BCUT2D eigenvalue weighted by molar-refractivity contribution is 0.0827. The standard InChI is InChI=1S/C14H19N3O2S2/c15-14(20)11-3-1-2-4-13(11)21(18,19)16-12-9-17-7-5-10(12)6-8-17/h1-4,10,12,16H,5-9H2,(H2,15,20). The Kier molecular flexibility index (Phi) is 4.00. The van der Waals surface area contributed by atoms with Crippen LogP contribution < -0.4 is 10.5 Å². The molecule has 1 atom stereocenters. The maximum Gasteiger partial charge on any atom is 0.241 e. The number of sulfonamides is 1. The number of nitrogens with zero attached hydrogens (tertiary/aromatic N) is 1. The summed E-state index contributed by atoms with van der Waals surface area (Å²) in [5.41, 5.74) is 6.04. The third-order valence-corrected chi connectivity index (χ3v) is 6.17. The van der Waals surface area contributed by atoms with E-state index >= 15 is 0 Å². The van der Waals surface area contributed by atoms with Gasteiger partial charge >= 0.3 is 0 Å². The van der Waals surface area contributed by atoms with E-state index in [1.807, 2.05) is 0 Å². The molecular weight excluding hydrogens is 306 g/mol. The Balaban J connectivity index is 1.86. The Bertz CT molecular complexity index is 652. The molecule has 0 aliphatic carbocycles. The summed E-state index contributed by atoms with van der Waals surface area (Å²) in [6.45, 7) is 2.94. The second-order valence-corrected chi connectivity index (χ2v) is 7.85. The second kappa shape index (κ2) is 5.64. The van der Waals surface area contributed by atoms with Crippen LogP contribution in [0.5, 0.6) is 0 Å². The molecule has 5 nitrogen and oxygen atoms in total. The molecule has 0 aromatic heterocycles. The van der Waals surface area contributed by atoms with E-state index in [0.29, 0.717) is 11.5 Å². The van der Waals surface area contributed by atoms with Crippen molar-refractivity contribution in [1.29, 1.82) is 0 Å². The number of rotatable bonds is 4. The van der Waals surface area contributed by atoms with Crippen LogP contribution in [0.15, 0.2) is 29.2 Å². The topological polar surface area (TPSA) is 75.4 Å². The Morgan fingerprint density at radius 1 is 1.29 bits per heavy atom. The first-order chi connectivity index (χ1) is 9.97. The summed E-state index contributed by atoms with van der Waals surface area (Å²) in [4.78, 5) is 2.59. The van der Waals surface area contributed by atoms with Crippen LogP contribution in [0.4, 0.5) is 0 Å². The van der Waals surface area contributed by atoms with Crippen molar-refractivity contribution in [3.8, 4) is 0 Å². The van der Waals surface area contributed by atoms with Crippen LogP contribution in [0.2, 0.25) is 0 Å². The third-order valence-electron chi connectivity index (χ3n) is 4.40. The highest BCUT2D eigenvalue weighted by atomic mass is 32.2. The molecule has 0 amide bonds. The molecule has 2 bridgehead atoms. The van der Waals surface area contributed by atoms with E-state index in [1.165, 1.54) is 0 Å². The molecular formula is C14H19N3O2S2. The number of nitrogens with one attached hydrogen (secondary N) is 1. The minimum absolute atomic E-state index is 0.0168. The summed E-state index contributed by atoms with van der Waals surface area (Å²) >= 11 is 4.95. The molecule has 21 heavy (non-hydrogen) atoms. The molecule has 114 valence electrons. The first-order valence-corrected chi connectivity index (χ1v) is 9.00. The van der Waals surface area contributed by atoms with Crippen molar-refractivity contribution in [2.24, 2.45) is 11.7 Å². The van der Waals surface area contributed by atoms with Crippen molar-refractivity contribution in [3.63, 3.8) is 0 Å². The van der Waals surface area contributed by atoms with Crippen LogP contribution in [-0.4, -0.2) is 44.0 Å². The molecule has 3 N–H and O–H groups in total. The highest BCUT2D eigenvalue weighted by Gasteiger charge is 2.36. The van der Waals surface area contributed by atoms with Crippen molar-refractivity contribution in [2.45, 2.75) is 23.8 Å². The van der Waals surface area contributed by atoms with Gasteiger partial charge in [-0.05, 0) is 37.9 Å². The molecule has 7 heteroatoms.